The third-order valence-electron chi connectivity index (χ3n) is 3.80. The predicted octanol–water partition coefficient (Wildman–Crippen LogP) is 3.51. The van der Waals surface area contributed by atoms with Gasteiger partial charge in [0.15, 0.2) is 0 Å². The quantitative estimate of drug-likeness (QED) is 0.805. The van der Waals surface area contributed by atoms with Crippen molar-refractivity contribution in [2.75, 3.05) is 18.2 Å². The number of hydrogen-bond donors (Lipinski definition) is 2. The van der Waals surface area contributed by atoms with Crippen molar-refractivity contribution in [3.05, 3.63) is 18.2 Å². The molecule has 3 nitrogen and oxygen atoms in total. The van der Waals surface area contributed by atoms with Gasteiger partial charge in [-0.25, -0.2) is 0 Å². The molecular formula is C15H24N2O. The zero-order chi connectivity index (χ0) is 13.1. The molecule has 2 rings (SSSR count). The number of nitrogens with one attached hydrogen (secondary N) is 1. The summed E-state index contributed by atoms with van der Waals surface area (Å²) in [5.41, 5.74) is 7.81. The Balaban J connectivity index is 2.08. The van der Waals surface area contributed by atoms with Crippen molar-refractivity contribution in [2.24, 2.45) is 11.8 Å². The van der Waals surface area contributed by atoms with E-state index in [4.69, 9.17) is 10.5 Å². The van der Waals surface area contributed by atoms with Crippen molar-refractivity contribution in [1.82, 2.24) is 0 Å². The minimum absolute atomic E-state index is 0.526. The minimum atomic E-state index is 0.526. The molecule has 0 heterocycles. The van der Waals surface area contributed by atoms with Gasteiger partial charge in [0.1, 0.15) is 5.75 Å². The van der Waals surface area contributed by atoms with E-state index in [2.05, 4.69) is 19.2 Å². The Labute approximate surface area is 110 Å². The second kappa shape index (κ2) is 5.51. The van der Waals surface area contributed by atoms with Gasteiger partial charge >= 0.3 is 0 Å². The smallest absolute Gasteiger partial charge is 0.121 e. The standard InChI is InChI=1S/C15H24N2O/c1-10-6-11(2)8-12(7-10)17-15-9-13(18-3)4-5-14(15)16/h4-5,9-12,17H,6-8,16H2,1-3H3. The van der Waals surface area contributed by atoms with Crippen molar-refractivity contribution in [3.8, 4) is 5.75 Å². The molecular weight excluding hydrogens is 224 g/mol. The van der Waals surface area contributed by atoms with Crippen LogP contribution in [0.2, 0.25) is 0 Å². The molecule has 0 amide bonds. The topological polar surface area (TPSA) is 47.3 Å². The molecule has 1 aliphatic carbocycles. The third-order valence-corrected chi connectivity index (χ3v) is 3.80. The first-order chi connectivity index (χ1) is 8.58. The summed E-state index contributed by atoms with van der Waals surface area (Å²) in [7, 11) is 1.68. The van der Waals surface area contributed by atoms with Gasteiger partial charge in [0, 0.05) is 12.1 Å². The SMILES string of the molecule is COc1ccc(N)c(NC2CC(C)CC(C)C2)c1. The molecule has 1 saturated carbocycles. The molecule has 1 fully saturated rings. The molecule has 1 aromatic carbocycles. The lowest BCUT2D eigenvalue weighted by Gasteiger charge is -2.33. The van der Waals surface area contributed by atoms with Crippen LogP contribution >= 0.6 is 0 Å². The average Bonchev–Trinajstić information content (AvgIpc) is 2.30. The van der Waals surface area contributed by atoms with Gasteiger partial charge < -0.3 is 15.8 Å². The zero-order valence-electron chi connectivity index (χ0n) is 11.6. The fourth-order valence-corrected chi connectivity index (χ4v) is 3.07. The summed E-state index contributed by atoms with van der Waals surface area (Å²) in [5, 5.41) is 3.58. The van der Waals surface area contributed by atoms with Crippen LogP contribution in [0.25, 0.3) is 0 Å². The maximum Gasteiger partial charge on any atom is 0.121 e. The van der Waals surface area contributed by atoms with Crippen LogP contribution in [0, 0.1) is 11.8 Å². The molecule has 2 atom stereocenters. The summed E-state index contributed by atoms with van der Waals surface area (Å²) >= 11 is 0. The summed E-state index contributed by atoms with van der Waals surface area (Å²) in [6.07, 6.45) is 3.79. The van der Waals surface area contributed by atoms with Gasteiger partial charge in [0.25, 0.3) is 0 Å². The molecule has 3 N–H and O–H groups in total. The van der Waals surface area contributed by atoms with Crippen LogP contribution in [-0.2, 0) is 0 Å². The molecule has 18 heavy (non-hydrogen) atoms. The second-order valence-electron chi connectivity index (χ2n) is 5.71. The Bertz CT molecular complexity index is 395. The first-order valence-corrected chi connectivity index (χ1v) is 6.78. The van der Waals surface area contributed by atoms with Crippen LogP contribution in [-0.4, -0.2) is 13.2 Å². The van der Waals surface area contributed by atoms with Gasteiger partial charge in [0.05, 0.1) is 18.5 Å². The fourth-order valence-electron chi connectivity index (χ4n) is 3.07. The van der Waals surface area contributed by atoms with Gasteiger partial charge in [-0.1, -0.05) is 13.8 Å². The van der Waals surface area contributed by atoms with E-state index >= 15 is 0 Å². The summed E-state index contributed by atoms with van der Waals surface area (Å²) in [6, 6.07) is 6.31. The van der Waals surface area contributed by atoms with Gasteiger partial charge in [0.2, 0.25) is 0 Å². The number of nitrogen functional groups attached to an aromatic ring is 1. The highest BCUT2D eigenvalue weighted by Crippen LogP contribution is 2.32. The van der Waals surface area contributed by atoms with E-state index in [0.717, 1.165) is 29.0 Å². The number of methoxy groups -OCH3 is 1. The van der Waals surface area contributed by atoms with E-state index in [-0.39, 0.29) is 0 Å². The van der Waals surface area contributed by atoms with E-state index < -0.39 is 0 Å². The lowest BCUT2D eigenvalue weighted by atomic mass is 9.80. The highest BCUT2D eigenvalue weighted by Gasteiger charge is 2.24. The monoisotopic (exact) mass is 248 g/mol. The number of anilines is 2. The van der Waals surface area contributed by atoms with Crippen molar-refractivity contribution in [2.45, 2.75) is 39.2 Å². The molecule has 1 aromatic rings. The molecule has 1 aliphatic rings. The maximum absolute atomic E-state index is 6.01. The summed E-state index contributed by atoms with van der Waals surface area (Å²) in [4.78, 5) is 0. The molecule has 0 aromatic heterocycles. The molecule has 100 valence electrons. The Morgan fingerprint density at radius 2 is 1.83 bits per heavy atom. The zero-order valence-corrected chi connectivity index (χ0v) is 11.6. The Morgan fingerprint density at radius 3 is 2.44 bits per heavy atom. The average molecular weight is 248 g/mol. The van der Waals surface area contributed by atoms with Crippen molar-refractivity contribution >= 4 is 11.4 Å². The summed E-state index contributed by atoms with van der Waals surface area (Å²) in [6.45, 7) is 4.67. The van der Waals surface area contributed by atoms with Crippen LogP contribution in [0.3, 0.4) is 0 Å². The van der Waals surface area contributed by atoms with Gasteiger partial charge in [-0.15, -0.1) is 0 Å². The third kappa shape index (κ3) is 3.09. The first kappa shape index (κ1) is 13.1. The predicted molar refractivity (Wildman–Crippen MR) is 77.0 cm³/mol. The van der Waals surface area contributed by atoms with E-state index in [9.17, 15) is 0 Å². The van der Waals surface area contributed by atoms with E-state index in [1.807, 2.05) is 18.2 Å². The van der Waals surface area contributed by atoms with Crippen molar-refractivity contribution in [1.29, 1.82) is 0 Å². The van der Waals surface area contributed by atoms with Gasteiger partial charge in [-0.3, -0.25) is 0 Å². The van der Waals surface area contributed by atoms with E-state index in [1.54, 1.807) is 7.11 Å². The normalized spacial score (nSPS) is 27.8. The van der Waals surface area contributed by atoms with Crippen LogP contribution in [0.4, 0.5) is 11.4 Å². The Hall–Kier alpha value is -1.38. The molecule has 0 bridgehead atoms. The Morgan fingerprint density at radius 1 is 1.17 bits per heavy atom. The van der Waals surface area contributed by atoms with Crippen molar-refractivity contribution in [3.63, 3.8) is 0 Å². The molecule has 0 radical (unpaired) electrons. The van der Waals surface area contributed by atoms with Crippen LogP contribution in [0.15, 0.2) is 18.2 Å². The molecule has 3 heteroatoms. The fraction of sp³-hybridized carbons (Fsp3) is 0.600. The number of hydrogen-bond acceptors (Lipinski definition) is 3. The molecule has 0 saturated heterocycles. The van der Waals surface area contributed by atoms with E-state index in [1.165, 1.54) is 19.3 Å². The first-order valence-electron chi connectivity index (χ1n) is 6.78. The lowest BCUT2D eigenvalue weighted by molar-refractivity contribution is 0.281. The second-order valence-corrected chi connectivity index (χ2v) is 5.71. The molecule has 0 spiro atoms. The van der Waals surface area contributed by atoms with Crippen molar-refractivity contribution < 1.29 is 4.74 Å². The number of ether oxygens (including phenoxy) is 1. The minimum Gasteiger partial charge on any atom is -0.497 e. The van der Waals surface area contributed by atoms with Gasteiger partial charge in [-0.05, 0) is 43.2 Å². The van der Waals surface area contributed by atoms with Crippen LogP contribution in [0.1, 0.15) is 33.1 Å². The number of nitrogens with two attached hydrogens (primary N) is 1. The molecule has 2 unspecified atom stereocenters. The molecule has 0 aliphatic heterocycles. The van der Waals surface area contributed by atoms with Crippen LogP contribution < -0.4 is 15.8 Å². The van der Waals surface area contributed by atoms with E-state index in [0.29, 0.717) is 6.04 Å². The highest BCUT2D eigenvalue weighted by atomic mass is 16.5. The Kier molecular flexibility index (Phi) is 4.00. The summed E-state index contributed by atoms with van der Waals surface area (Å²) < 4.78 is 5.25. The van der Waals surface area contributed by atoms with Crippen LogP contribution in [0.5, 0.6) is 5.75 Å². The highest BCUT2D eigenvalue weighted by molar-refractivity contribution is 5.68. The number of rotatable bonds is 3. The maximum atomic E-state index is 6.01. The van der Waals surface area contributed by atoms with Gasteiger partial charge in [-0.2, -0.15) is 0 Å². The largest absolute Gasteiger partial charge is 0.497 e. The number of benzene rings is 1. The lowest BCUT2D eigenvalue weighted by Crippen LogP contribution is -2.30. The summed E-state index contributed by atoms with van der Waals surface area (Å²) in [5.74, 6) is 2.43.